The lowest BCUT2D eigenvalue weighted by Crippen LogP contribution is -2.29. The largest absolute Gasteiger partial charge is 0.356 e. The van der Waals surface area contributed by atoms with Gasteiger partial charge in [0.1, 0.15) is 11.6 Å². The fraction of sp³-hybridized carbons (Fsp3) is 0.516. The number of benzene rings is 1. The SMILES string of the molecule is CC.CC[C@H](CNC(C)C)c1nnc(C2=C(CCNC(C)=O)C=CC=CC2)n1C1CC1.Fc1ccccc1. The number of allylic oxidation sites excluding steroid dienone is 5. The van der Waals surface area contributed by atoms with Gasteiger partial charge < -0.3 is 15.2 Å². The molecule has 1 amide bonds. The van der Waals surface area contributed by atoms with Crippen LogP contribution in [0.2, 0.25) is 0 Å². The van der Waals surface area contributed by atoms with Crippen LogP contribution in [0.3, 0.4) is 0 Å². The average Bonchev–Trinajstić information content (AvgIpc) is 3.70. The van der Waals surface area contributed by atoms with Gasteiger partial charge in [0.15, 0.2) is 5.82 Å². The molecule has 38 heavy (non-hydrogen) atoms. The number of carbonyl (C=O) groups excluding carboxylic acids is 1. The monoisotopic (exact) mass is 523 g/mol. The van der Waals surface area contributed by atoms with Gasteiger partial charge in [0.2, 0.25) is 5.91 Å². The van der Waals surface area contributed by atoms with Crippen molar-refractivity contribution in [3.05, 3.63) is 77.7 Å². The third-order valence-electron chi connectivity index (χ3n) is 6.29. The molecule has 0 unspecified atom stereocenters. The first-order valence-electron chi connectivity index (χ1n) is 14.1. The van der Waals surface area contributed by atoms with Crippen molar-refractivity contribution in [2.75, 3.05) is 13.1 Å². The third kappa shape index (κ3) is 10.0. The molecule has 0 aliphatic heterocycles. The Balaban J connectivity index is 0.000000481. The quantitative estimate of drug-likeness (QED) is 0.361. The standard InChI is InChI=1S/C23H35N5O.C6H5F.C2H6/c1-5-18(15-25-16(2)3)22-26-27-23(28(22)20-11-12-20)21-10-8-6-7-9-19(21)13-14-24-17(4)29;7-6-4-2-1-3-5-6;1-2/h6-9,16,18,20,25H,5,10-15H2,1-4H3,(H,24,29);1-5H;1-2H3/t18-;;/m1../s1. The fourth-order valence-corrected chi connectivity index (χ4v) is 4.20. The summed E-state index contributed by atoms with van der Waals surface area (Å²) < 4.78 is 14.3. The van der Waals surface area contributed by atoms with E-state index >= 15 is 0 Å². The van der Waals surface area contributed by atoms with E-state index in [-0.39, 0.29) is 11.7 Å². The smallest absolute Gasteiger partial charge is 0.216 e. The normalized spacial score (nSPS) is 15.3. The Morgan fingerprint density at radius 2 is 1.84 bits per heavy atom. The van der Waals surface area contributed by atoms with Gasteiger partial charge in [-0.05, 0) is 49.8 Å². The van der Waals surface area contributed by atoms with E-state index in [4.69, 9.17) is 10.2 Å². The first-order chi connectivity index (χ1) is 18.4. The molecule has 2 aliphatic rings. The third-order valence-corrected chi connectivity index (χ3v) is 6.29. The number of carbonyl (C=O) groups is 1. The van der Waals surface area contributed by atoms with Crippen molar-refractivity contribution in [1.82, 2.24) is 25.4 Å². The van der Waals surface area contributed by atoms with Gasteiger partial charge >= 0.3 is 0 Å². The molecule has 2 aromatic rings. The van der Waals surface area contributed by atoms with Crippen LogP contribution in [-0.4, -0.2) is 39.8 Å². The van der Waals surface area contributed by atoms with E-state index in [0.717, 1.165) is 37.5 Å². The maximum Gasteiger partial charge on any atom is 0.216 e. The van der Waals surface area contributed by atoms with E-state index in [9.17, 15) is 9.18 Å². The van der Waals surface area contributed by atoms with Gasteiger partial charge in [0.05, 0.1) is 0 Å². The molecule has 0 radical (unpaired) electrons. The lowest BCUT2D eigenvalue weighted by Gasteiger charge is -2.20. The van der Waals surface area contributed by atoms with Gasteiger partial charge in [-0.25, -0.2) is 4.39 Å². The molecule has 1 atom stereocenters. The minimum Gasteiger partial charge on any atom is -0.356 e. The molecular formula is C31H46FN5O. The Morgan fingerprint density at radius 1 is 1.13 bits per heavy atom. The van der Waals surface area contributed by atoms with Gasteiger partial charge in [-0.15, -0.1) is 10.2 Å². The summed E-state index contributed by atoms with van der Waals surface area (Å²) >= 11 is 0. The summed E-state index contributed by atoms with van der Waals surface area (Å²) in [7, 11) is 0. The van der Waals surface area contributed by atoms with E-state index in [1.54, 1.807) is 25.1 Å². The van der Waals surface area contributed by atoms with Crippen molar-refractivity contribution in [2.24, 2.45) is 0 Å². The zero-order valence-corrected chi connectivity index (χ0v) is 24.0. The summed E-state index contributed by atoms with van der Waals surface area (Å²) in [5, 5.41) is 15.9. The second kappa shape index (κ2) is 16.7. The van der Waals surface area contributed by atoms with Crippen LogP contribution < -0.4 is 10.6 Å². The zero-order valence-electron chi connectivity index (χ0n) is 24.0. The number of hydrogen-bond donors (Lipinski definition) is 2. The molecule has 0 saturated heterocycles. The highest BCUT2D eigenvalue weighted by atomic mass is 19.1. The van der Waals surface area contributed by atoms with Crippen LogP contribution >= 0.6 is 0 Å². The molecule has 2 N–H and O–H groups in total. The van der Waals surface area contributed by atoms with Crippen LogP contribution in [0.1, 0.15) is 97.3 Å². The lowest BCUT2D eigenvalue weighted by atomic mass is 10.0. The van der Waals surface area contributed by atoms with Gasteiger partial charge in [0.25, 0.3) is 0 Å². The van der Waals surface area contributed by atoms with Crippen LogP contribution in [0.15, 0.2) is 60.2 Å². The Morgan fingerprint density at radius 3 is 2.39 bits per heavy atom. The van der Waals surface area contributed by atoms with Crippen molar-refractivity contribution in [3.63, 3.8) is 0 Å². The Labute approximate surface area is 228 Å². The topological polar surface area (TPSA) is 71.8 Å². The Bertz CT molecular complexity index is 1070. The second-order valence-electron chi connectivity index (χ2n) is 9.67. The second-order valence-corrected chi connectivity index (χ2v) is 9.67. The lowest BCUT2D eigenvalue weighted by molar-refractivity contribution is -0.118. The molecule has 1 saturated carbocycles. The summed E-state index contributed by atoms with van der Waals surface area (Å²) in [5.74, 6) is 2.32. The Kier molecular flexibility index (Phi) is 13.7. The highest BCUT2D eigenvalue weighted by Crippen LogP contribution is 2.41. The zero-order chi connectivity index (χ0) is 27.9. The predicted octanol–water partition coefficient (Wildman–Crippen LogP) is 6.75. The first-order valence-corrected chi connectivity index (χ1v) is 14.1. The average molecular weight is 524 g/mol. The number of nitrogens with one attached hydrogen (secondary N) is 2. The van der Waals surface area contributed by atoms with E-state index in [2.05, 4.69) is 60.3 Å². The summed E-state index contributed by atoms with van der Waals surface area (Å²) in [5.41, 5.74) is 2.47. The molecule has 6 nitrogen and oxygen atoms in total. The minimum atomic E-state index is -0.178. The Hall–Kier alpha value is -3.06. The van der Waals surface area contributed by atoms with Crippen LogP contribution in [0, 0.1) is 5.82 Å². The molecule has 1 aromatic heterocycles. The maximum absolute atomic E-state index is 11.9. The number of halogens is 1. The number of nitrogens with zero attached hydrogens (tertiary/aromatic N) is 3. The van der Waals surface area contributed by atoms with Gasteiger partial charge in [-0.1, -0.05) is 77.1 Å². The molecular weight excluding hydrogens is 477 g/mol. The number of hydrogen-bond acceptors (Lipinski definition) is 4. The van der Waals surface area contributed by atoms with Crippen LogP contribution in [0.4, 0.5) is 4.39 Å². The predicted molar refractivity (Wildman–Crippen MR) is 155 cm³/mol. The highest BCUT2D eigenvalue weighted by Gasteiger charge is 2.33. The summed E-state index contributed by atoms with van der Waals surface area (Å²) in [6, 6.07) is 8.91. The molecule has 7 heteroatoms. The first kappa shape index (κ1) is 31.2. The van der Waals surface area contributed by atoms with E-state index < -0.39 is 0 Å². The van der Waals surface area contributed by atoms with Gasteiger partial charge in [-0.3, -0.25) is 4.79 Å². The molecule has 1 fully saturated rings. The van der Waals surface area contributed by atoms with Crippen molar-refractivity contribution < 1.29 is 9.18 Å². The van der Waals surface area contributed by atoms with E-state index in [0.29, 0.717) is 24.5 Å². The molecule has 0 spiro atoms. The molecule has 4 rings (SSSR count). The fourth-order valence-electron chi connectivity index (χ4n) is 4.20. The maximum atomic E-state index is 11.9. The highest BCUT2D eigenvalue weighted by molar-refractivity contribution is 5.73. The molecule has 0 bridgehead atoms. The summed E-state index contributed by atoms with van der Waals surface area (Å²) in [6.07, 6.45) is 13.6. The molecule has 1 aromatic carbocycles. The van der Waals surface area contributed by atoms with Gasteiger partial charge in [0, 0.05) is 43.6 Å². The molecule has 208 valence electrons. The number of rotatable bonds is 10. The summed E-state index contributed by atoms with van der Waals surface area (Å²) in [6.45, 7) is 13.7. The number of aromatic nitrogens is 3. The number of amides is 1. The van der Waals surface area contributed by atoms with E-state index in [1.807, 2.05) is 13.8 Å². The van der Waals surface area contributed by atoms with Crippen molar-refractivity contribution in [1.29, 1.82) is 0 Å². The van der Waals surface area contributed by atoms with Crippen LogP contribution in [-0.2, 0) is 4.79 Å². The molecule has 1 heterocycles. The van der Waals surface area contributed by atoms with Crippen LogP contribution in [0.25, 0.3) is 5.57 Å². The van der Waals surface area contributed by atoms with Crippen molar-refractivity contribution in [3.8, 4) is 0 Å². The minimum absolute atomic E-state index is 0.00903. The van der Waals surface area contributed by atoms with Gasteiger partial charge in [-0.2, -0.15) is 0 Å². The summed E-state index contributed by atoms with van der Waals surface area (Å²) in [4.78, 5) is 11.3. The van der Waals surface area contributed by atoms with E-state index in [1.165, 1.54) is 36.1 Å². The van der Waals surface area contributed by atoms with Crippen molar-refractivity contribution in [2.45, 2.75) is 91.6 Å². The van der Waals surface area contributed by atoms with Crippen LogP contribution in [0.5, 0.6) is 0 Å². The van der Waals surface area contributed by atoms with Crippen molar-refractivity contribution >= 4 is 11.5 Å². The molecule has 2 aliphatic carbocycles.